The van der Waals surface area contributed by atoms with Crippen molar-refractivity contribution in [2.75, 3.05) is 25.0 Å². The van der Waals surface area contributed by atoms with Crippen LogP contribution in [0.4, 0.5) is 10.5 Å². The number of carbonyl (C=O) groups excluding carboxylic acids is 1. The Morgan fingerprint density at radius 2 is 1.96 bits per heavy atom. The Balaban J connectivity index is 1.53. The maximum Gasteiger partial charge on any atom is 0.321 e. The van der Waals surface area contributed by atoms with Crippen LogP contribution in [0, 0.1) is 0 Å². The van der Waals surface area contributed by atoms with Gasteiger partial charge in [0.1, 0.15) is 11.9 Å². The molecule has 0 saturated carbocycles. The third-order valence-corrected chi connectivity index (χ3v) is 4.44. The van der Waals surface area contributed by atoms with Crippen LogP contribution in [-0.4, -0.2) is 46.7 Å². The monoisotopic (exact) mass is 370 g/mol. The number of aromatic nitrogens is 2. The van der Waals surface area contributed by atoms with Gasteiger partial charge in [0, 0.05) is 24.6 Å². The molecule has 7 heteroatoms. The number of amides is 2. The molecule has 1 fully saturated rings. The van der Waals surface area contributed by atoms with E-state index in [-0.39, 0.29) is 12.1 Å². The molecule has 0 bridgehead atoms. The second-order valence-electron chi connectivity index (χ2n) is 6.44. The van der Waals surface area contributed by atoms with Crippen LogP contribution in [0.3, 0.4) is 0 Å². The first-order valence-corrected chi connectivity index (χ1v) is 9.44. The summed E-state index contributed by atoms with van der Waals surface area (Å²) in [5, 5.41) is 2.93. The van der Waals surface area contributed by atoms with Crippen LogP contribution in [-0.2, 0) is 6.42 Å². The molecule has 7 nitrogen and oxygen atoms in total. The number of aryl methyl sites for hydroxylation is 1. The highest BCUT2D eigenvalue weighted by Gasteiger charge is 2.25. The van der Waals surface area contributed by atoms with Crippen LogP contribution in [0.1, 0.15) is 32.3 Å². The van der Waals surface area contributed by atoms with Crippen molar-refractivity contribution in [1.29, 1.82) is 0 Å². The molecule has 1 aromatic carbocycles. The molecule has 144 valence electrons. The van der Waals surface area contributed by atoms with Gasteiger partial charge in [0.2, 0.25) is 0 Å². The van der Waals surface area contributed by atoms with Gasteiger partial charge in [-0.25, -0.2) is 14.8 Å². The number of carbonyl (C=O) groups is 1. The quantitative estimate of drug-likeness (QED) is 0.842. The van der Waals surface area contributed by atoms with Gasteiger partial charge in [0.05, 0.1) is 13.2 Å². The van der Waals surface area contributed by atoms with E-state index < -0.39 is 0 Å². The number of benzene rings is 1. The zero-order valence-electron chi connectivity index (χ0n) is 15.9. The second kappa shape index (κ2) is 9.21. The van der Waals surface area contributed by atoms with E-state index in [4.69, 9.17) is 9.47 Å². The van der Waals surface area contributed by atoms with E-state index in [9.17, 15) is 4.79 Å². The molecule has 1 unspecified atom stereocenters. The summed E-state index contributed by atoms with van der Waals surface area (Å²) in [5.41, 5.74) is 1.81. The molecule has 0 radical (unpaired) electrons. The summed E-state index contributed by atoms with van der Waals surface area (Å²) < 4.78 is 11.3. The standard InChI is InChI=1S/C20H26N4O3/c1-3-15-12-21-19(22-13-15)27-18-6-5-11-24(14-18)20(25)23-16-7-9-17(10-8-16)26-4-2/h7-10,12-13,18H,3-6,11,14H2,1-2H3,(H,23,25). The fourth-order valence-electron chi connectivity index (χ4n) is 2.96. The van der Waals surface area contributed by atoms with Crippen LogP contribution >= 0.6 is 0 Å². The molecule has 1 saturated heterocycles. The van der Waals surface area contributed by atoms with Crippen LogP contribution in [0.25, 0.3) is 0 Å². The molecular weight excluding hydrogens is 344 g/mol. The van der Waals surface area contributed by atoms with Crippen LogP contribution < -0.4 is 14.8 Å². The van der Waals surface area contributed by atoms with Crippen molar-refractivity contribution in [1.82, 2.24) is 14.9 Å². The molecule has 1 aliphatic rings. The number of ether oxygens (including phenoxy) is 2. The number of nitrogens with one attached hydrogen (secondary N) is 1. The fraction of sp³-hybridized carbons (Fsp3) is 0.450. The average molecular weight is 370 g/mol. The van der Waals surface area contributed by atoms with Crippen LogP contribution in [0.5, 0.6) is 11.8 Å². The first-order chi connectivity index (χ1) is 13.2. The highest BCUT2D eigenvalue weighted by atomic mass is 16.5. The molecule has 0 aliphatic carbocycles. The van der Waals surface area contributed by atoms with E-state index in [0.717, 1.165) is 36.3 Å². The first kappa shape index (κ1) is 18.9. The normalized spacial score (nSPS) is 16.7. The smallest absolute Gasteiger partial charge is 0.321 e. The Morgan fingerprint density at radius 3 is 2.63 bits per heavy atom. The number of rotatable bonds is 6. The summed E-state index contributed by atoms with van der Waals surface area (Å²) in [6.07, 6.45) is 6.12. The lowest BCUT2D eigenvalue weighted by Crippen LogP contribution is -2.46. The van der Waals surface area contributed by atoms with E-state index in [1.54, 1.807) is 17.3 Å². The number of nitrogens with zero attached hydrogens (tertiary/aromatic N) is 3. The van der Waals surface area contributed by atoms with Crippen molar-refractivity contribution in [2.45, 2.75) is 39.2 Å². The van der Waals surface area contributed by atoms with Gasteiger partial charge in [-0.15, -0.1) is 0 Å². The molecule has 1 aliphatic heterocycles. The van der Waals surface area contributed by atoms with E-state index in [1.165, 1.54) is 0 Å². The van der Waals surface area contributed by atoms with E-state index in [1.807, 2.05) is 31.2 Å². The maximum absolute atomic E-state index is 12.6. The molecule has 1 N–H and O–H groups in total. The molecule has 3 rings (SSSR count). The number of likely N-dealkylation sites (tertiary alicyclic amines) is 1. The number of urea groups is 1. The van der Waals surface area contributed by atoms with Crippen molar-refractivity contribution in [2.24, 2.45) is 0 Å². The lowest BCUT2D eigenvalue weighted by Gasteiger charge is -2.32. The summed E-state index contributed by atoms with van der Waals surface area (Å²) >= 11 is 0. The predicted molar refractivity (Wildman–Crippen MR) is 103 cm³/mol. The molecule has 1 atom stereocenters. The van der Waals surface area contributed by atoms with Crippen molar-refractivity contribution in [3.05, 3.63) is 42.2 Å². The molecule has 27 heavy (non-hydrogen) atoms. The molecule has 2 aromatic rings. The second-order valence-corrected chi connectivity index (χ2v) is 6.44. The number of piperidine rings is 1. The molecular formula is C20H26N4O3. The largest absolute Gasteiger partial charge is 0.494 e. The van der Waals surface area contributed by atoms with E-state index >= 15 is 0 Å². The predicted octanol–water partition coefficient (Wildman–Crippen LogP) is 3.51. The molecule has 2 heterocycles. The van der Waals surface area contributed by atoms with Crippen molar-refractivity contribution in [3.63, 3.8) is 0 Å². The average Bonchev–Trinajstić information content (AvgIpc) is 2.70. The maximum atomic E-state index is 12.6. The molecule has 2 amide bonds. The summed E-state index contributed by atoms with van der Waals surface area (Å²) in [6, 6.07) is 7.60. The van der Waals surface area contributed by atoms with Crippen molar-refractivity contribution < 1.29 is 14.3 Å². The minimum Gasteiger partial charge on any atom is -0.494 e. The SMILES string of the molecule is CCOc1ccc(NC(=O)N2CCCC(Oc3ncc(CC)cn3)C2)cc1. The van der Waals surface area contributed by atoms with Gasteiger partial charge in [-0.05, 0) is 56.0 Å². The van der Waals surface area contributed by atoms with E-state index in [2.05, 4.69) is 22.2 Å². The van der Waals surface area contributed by atoms with Gasteiger partial charge in [0.15, 0.2) is 0 Å². The Hall–Kier alpha value is -2.83. The highest BCUT2D eigenvalue weighted by Crippen LogP contribution is 2.19. The van der Waals surface area contributed by atoms with E-state index in [0.29, 0.717) is 25.7 Å². The Kier molecular flexibility index (Phi) is 6.46. The lowest BCUT2D eigenvalue weighted by atomic mass is 10.1. The Bertz CT molecular complexity index is 734. The Morgan fingerprint density at radius 1 is 1.22 bits per heavy atom. The summed E-state index contributed by atoms with van der Waals surface area (Å²) in [4.78, 5) is 22.8. The third kappa shape index (κ3) is 5.32. The molecule has 0 spiro atoms. The first-order valence-electron chi connectivity index (χ1n) is 9.44. The van der Waals surface area contributed by atoms with Gasteiger partial charge in [-0.1, -0.05) is 6.92 Å². The summed E-state index contributed by atoms with van der Waals surface area (Å²) in [6.45, 7) is 5.83. The minimum atomic E-state index is -0.130. The Labute approximate surface area is 159 Å². The van der Waals surface area contributed by atoms with Gasteiger partial charge in [-0.3, -0.25) is 0 Å². The van der Waals surface area contributed by atoms with Gasteiger partial charge < -0.3 is 19.7 Å². The summed E-state index contributed by atoms with van der Waals surface area (Å²) in [5.74, 6) is 0.788. The number of anilines is 1. The minimum absolute atomic E-state index is 0.0997. The van der Waals surface area contributed by atoms with Crippen molar-refractivity contribution >= 4 is 11.7 Å². The molecule has 1 aromatic heterocycles. The topological polar surface area (TPSA) is 76.6 Å². The van der Waals surface area contributed by atoms with Gasteiger partial charge >= 0.3 is 12.0 Å². The zero-order valence-corrected chi connectivity index (χ0v) is 15.9. The number of hydrogen-bond donors (Lipinski definition) is 1. The van der Waals surface area contributed by atoms with Crippen molar-refractivity contribution in [3.8, 4) is 11.8 Å². The third-order valence-electron chi connectivity index (χ3n) is 4.44. The van der Waals surface area contributed by atoms with Crippen LogP contribution in [0.2, 0.25) is 0 Å². The highest BCUT2D eigenvalue weighted by molar-refractivity contribution is 5.89. The van der Waals surface area contributed by atoms with Crippen LogP contribution in [0.15, 0.2) is 36.7 Å². The fourth-order valence-corrected chi connectivity index (χ4v) is 2.96. The lowest BCUT2D eigenvalue weighted by molar-refractivity contribution is 0.0982. The number of hydrogen-bond acceptors (Lipinski definition) is 5. The summed E-state index contributed by atoms with van der Waals surface area (Å²) in [7, 11) is 0. The van der Waals surface area contributed by atoms with Gasteiger partial charge in [-0.2, -0.15) is 0 Å². The zero-order chi connectivity index (χ0) is 19.1. The van der Waals surface area contributed by atoms with Gasteiger partial charge in [0.25, 0.3) is 0 Å².